The maximum absolute atomic E-state index is 13.8. The van der Waals surface area contributed by atoms with E-state index in [1.165, 1.54) is 29.3 Å². The molecule has 2 heterocycles. The van der Waals surface area contributed by atoms with Crippen LogP contribution in [0, 0.1) is 11.6 Å². The molecule has 0 saturated heterocycles. The zero-order valence-corrected chi connectivity index (χ0v) is 17.3. The predicted octanol–water partition coefficient (Wildman–Crippen LogP) is 5.70. The van der Waals surface area contributed by atoms with Gasteiger partial charge in [-0.2, -0.15) is 0 Å². The minimum absolute atomic E-state index is 0.0314. The average Bonchev–Trinajstić information content (AvgIpc) is 2.75. The van der Waals surface area contributed by atoms with Crippen LogP contribution in [0.25, 0.3) is 5.57 Å². The third kappa shape index (κ3) is 4.28. The van der Waals surface area contributed by atoms with Crippen LogP contribution in [0.4, 0.5) is 20.3 Å². The highest BCUT2D eigenvalue weighted by atomic mass is 35.5. The van der Waals surface area contributed by atoms with E-state index in [9.17, 15) is 8.78 Å². The molecule has 0 spiro atoms. The summed E-state index contributed by atoms with van der Waals surface area (Å²) in [6.45, 7) is 3.75. The van der Waals surface area contributed by atoms with Gasteiger partial charge in [-0.05, 0) is 48.7 Å². The van der Waals surface area contributed by atoms with Crippen LogP contribution < -0.4 is 10.2 Å². The molecule has 154 valence electrons. The molecule has 4 rings (SSSR count). The first-order valence-corrected chi connectivity index (χ1v) is 10.1. The maximum atomic E-state index is 13.8. The second kappa shape index (κ2) is 8.79. The van der Waals surface area contributed by atoms with Crippen LogP contribution in [-0.2, 0) is 6.54 Å². The number of rotatable bonds is 5. The molecule has 1 N–H and O–H groups in total. The minimum atomic E-state index is -0.551. The van der Waals surface area contributed by atoms with Crippen molar-refractivity contribution in [1.29, 1.82) is 0 Å². The first kappa shape index (κ1) is 20.3. The summed E-state index contributed by atoms with van der Waals surface area (Å²) in [5.74, 6) is -0.413. The molecule has 1 aromatic heterocycles. The highest BCUT2D eigenvalue weighted by molar-refractivity contribution is 6.31. The number of nitrogens with one attached hydrogen (secondary N) is 1. The van der Waals surface area contributed by atoms with Crippen molar-refractivity contribution in [2.24, 2.45) is 0 Å². The largest absolute Gasteiger partial charge is 0.381 e. The zero-order valence-electron chi connectivity index (χ0n) is 16.5. The van der Waals surface area contributed by atoms with E-state index in [0.29, 0.717) is 17.5 Å². The SMILES string of the molecule is CC1=C(c2ccc(NCc3c(F)cccc3F)cc2)CN(c2nccnc2Cl)CC1. The maximum Gasteiger partial charge on any atom is 0.171 e. The van der Waals surface area contributed by atoms with E-state index >= 15 is 0 Å². The summed E-state index contributed by atoms with van der Waals surface area (Å²) in [6.07, 6.45) is 4.14. The summed E-state index contributed by atoms with van der Waals surface area (Å²) >= 11 is 6.22. The predicted molar refractivity (Wildman–Crippen MR) is 117 cm³/mol. The van der Waals surface area contributed by atoms with Gasteiger partial charge in [0.25, 0.3) is 0 Å². The zero-order chi connectivity index (χ0) is 21.1. The van der Waals surface area contributed by atoms with Crippen molar-refractivity contribution in [3.63, 3.8) is 0 Å². The molecule has 2 aromatic carbocycles. The molecule has 0 saturated carbocycles. The lowest BCUT2D eigenvalue weighted by atomic mass is 9.95. The number of benzene rings is 2. The summed E-state index contributed by atoms with van der Waals surface area (Å²) in [5, 5.41) is 3.48. The molecule has 0 fully saturated rings. The molecule has 1 aliphatic heterocycles. The number of anilines is 2. The topological polar surface area (TPSA) is 41.0 Å². The van der Waals surface area contributed by atoms with Crippen LogP contribution in [0.2, 0.25) is 5.15 Å². The monoisotopic (exact) mass is 426 g/mol. The highest BCUT2D eigenvalue weighted by Gasteiger charge is 2.21. The van der Waals surface area contributed by atoms with Gasteiger partial charge in [-0.3, -0.25) is 0 Å². The van der Waals surface area contributed by atoms with Crippen LogP contribution in [-0.4, -0.2) is 23.1 Å². The van der Waals surface area contributed by atoms with Gasteiger partial charge in [-0.25, -0.2) is 18.7 Å². The van der Waals surface area contributed by atoms with Crippen LogP contribution >= 0.6 is 11.6 Å². The van der Waals surface area contributed by atoms with Crippen molar-refractivity contribution in [2.45, 2.75) is 19.9 Å². The van der Waals surface area contributed by atoms with Gasteiger partial charge in [-0.1, -0.05) is 35.4 Å². The van der Waals surface area contributed by atoms with E-state index < -0.39 is 11.6 Å². The molecule has 0 bridgehead atoms. The molecular formula is C23H21ClF2N4. The van der Waals surface area contributed by atoms with Gasteiger partial charge in [0.15, 0.2) is 11.0 Å². The quantitative estimate of drug-likeness (QED) is 0.567. The first-order valence-electron chi connectivity index (χ1n) is 9.70. The molecule has 0 amide bonds. The van der Waals surface area contributed by atoms with Crippen LogP contribution in [0.3, 0.4) is 0 Å². The standard InChI is InChI=1S/C23H21ClF2N4/c1-15-9-12-30(23-22(24)27-10-11-28-23)14-19(15)16-5-7-17(8-6-16)29-13-18-20(25)3-2-4-21(18)26/h2-8,10-11,29H,9,12-14H2,1H3. The molecule has 4 nitrogen and oxygen atoms in total. The van der Waals surface area contributed by atoms with E-state index in [-0.39, 0.29) is 12.1 Å². The number of aromatic nitrogens is 2. The van der Waals surface area contributed by atoms with E-state index in [1.54, 1.807) is 12.4 Å². The van der Waals surface area contributed by atoms with Crippen LogP contribution in [0.15, 0.2) is 60.4 Å². The Morgan fingerprint density at radius 3 is 2.43 bits per heavy atom. The summed E-state index contributed by atoms with van der Waals surface area (Å²) in [7, 11) is 0. The van der Waals surface area contributed by atoms with Crippen molar-refractivity contribution >= 4 is 28.7 Å². The van der Waals surface area contributed by atoms with Crippen molar-refractivity contribution in [3.05, 3.63) is 88.3 Å². The van der Waals surface area contributed by atoms with E-state index in [4.69, 9.17) is 11.6 Å². The first-order chi connectivity index (χ1) is 14.5. The Hall–Kier alpha value is -2.99. The lowest BCUT2D eigenvalue weighted by molar-refractivity contribution is 0.560. The number of halogens is 3. The third-order valence-corrected chi connectivity index (χ3v) is 5.59. The lowest BCUT2D eigenvalue weighted by Gasteiger charge is -2.31. The molecule has 7 heteroatoms. The van der Waals surface area contributed by atoms with Crippen LogP contribution in [0.1, 0.15) is 24.5 Å². The number of hydrogen-bond acceptors (Lipinski definition) is 4. The van der Waals surface area contributed by atoms with E-state index in [0.717, 1.165) is 24.2 Å². The molecular weight excluding hydrogens is 406 g/mol. The fraction of sp³-hybridized carbons (Fsp3) is 0.217. The summed E-state index contributed by atoms with van der Waals surface area (Å²) < 4.78 is 27.6. The summed E-state index contributed by atoms with van der Waals surface area (Å²) in [4.78, 5) is 10.6. The van der Waals surface area contributed by atoms with Crippen molar-refractivity contribution in [3.8, 4) is 0 Å². The van der Waals surface area contributed by atoms with Gasteiger partial charge < -0.3 is 10.2 Å². The van der Waals surface area contributed by atoms with Gasteiger partial charge in [0.2, 0.25) is 0 Å². The number of hydrogen-bond donors (Lipinski definition) is 1. The Kier molecular flexibility index (Phi) is 5.95. The molecule has 1 aliphatic rings. The Labute approximate surface area is 179 Å². The third-order valence-electron chi connectivity index (χ3n) is 5.32. The Bertz CT molecular complexity index is 1060. The minimum Gasteiger partial charge on any atom is -0.381 e. The molecule has 3 aromatic rings. The highest BCUT2D eigenvalue weighted by Crippen LogP contribution is 2.31. The molecule has 0 aliphatic carbocycles. The fourth-order valence-corrected chi connectivity index (χ4v) is 3.81. The second-order valence-corrected chi connectivity index (χ2v) is 7.59. The Balaban J connectivity index is 1.48. The normalized spacial score (nSPS) is 14.2. The lowest BCUT2D eigenvalue weighted by Crippen LogP contribution is -2.31. The molecule has 0 atom stereocenters. The second-order valence-electron chi connectivity index (χ2n) is 7.23. The Morgan fingerprint density at radius 1 is 1.03 bits per heavy atom. The van der Waals surface area contributed by atoms with Gasteiger partial charge >= 0.3 is 0 Å². The molecule has 0 unspecified atom stereocenters. The molecule has 0 radical (unpaired) electrons. The van der Waals surface area contributed by atoms with E-state index in [1.807, 2.05) is 24.3 Å². The summed E-state index contributed by atoms with van der Waals surface area (Å²) in [6, 6.07) is 11.8. The van der Waals surface area contributed by atoms with Gasteiger partial charge in [0, 0.05) is 43.3 Å². The molecule has 30 heavy (non-hydrogen) atoms. The van der Waals surface area contributed by atoms with E-state index in [2.05, 4.69) is 27.1 Å². The van der Waals surface area contributed by atoms with Gasteiger partial charge in [0.05, 0.1) is 0 Å². The Morgan fingerprint density at radius 2 is 1.73 bits per heavy atom. The summed E-state index contributed by atoms with van der Waals surface area (Å²) in [5.41, 5.74) is 4.46. The fourth-order valence-electron chi connectivity index (χ4n) is 3.58. The van der Waals surface area contributed by atoms with Crippen LogP contribution in [0.5, 0.6) is 0 Å². The van der Waals surface area contributed by atoms with Gasteiger partial charge in [-0.15, -0.1) is 0 Å². The smallest absolute Gasteiger partial charge is 0.171 e. The average molecular weight is 427 g/mol. The van der Waals surface area contributed by atoms with Crippen molar-refractivity contribution in [1.82, 2.24) is 9.97 Å². The van der Waals surface area contributed by atoms with Crippen molar-refractivity contribution in [2.75, 3.05) is 23.3 Å². The van der Waals surface area contributed by atoms with Crippen molar-refractivity contribution < 1.29 is 8.78 Å². The number of nitrogens with zero attached hydrogens (tertiary/aromatic N) is 3. The van der Waals surface area contributed by atoms with Gasteiger partial charge in [0.1, 0.15) is 11.6 Å².